The average molecular weight is 177 g/mol. The van der Waals surface area contributed by atoms with Gasteiger partial charge in [0, 0.05) is 18.2 Å². The van der Waals surface area contributed by atoms with Gasteiger partial charge in [-0.25, -0.2) is 0 Å². The monoisotopic (exact) mass is 177 g/mol. The minimum Gasteiger partial charge on any atom is -0.508 e. The molecule has 0 saturated carbocycles. The molecule has 70 valence electrons. The lowest BCUT2D eigenvalue weighted by molar-refractivity contribution is 0.474. The van der Waals surface area contributed by atoms with E-state index in [1.165, 1.54) is 24.1 Å². The number of phenols is 1. The van der Waals surface area contributed by atoms with Gasteiger partial charge in [0.15, 0.2) is 0 Å². The third-order valence-corrected chi connectivity index (χ3v) is 2.65. The van der Waals surface area contributed by atoms with Gasteiger partial charge in [0.1, 0.15) is 5.75 Å². The zero-order valence-corrected chi connectivity index (χ0v) is 7.88. The van der Waals surface area contributed by atoms with Gasteiger partial charge in [0.05, 0.1) is 0 Å². The van der Waals surface area contributed by atoms with Crippen LogP contribution in [0, 0.1) is 0 Å². The highest BCUT2D eigenvalue weighted by Crippen LogP contribution is 2.36. The van der Waals surface area contributed by atoms with E-state index in [1.807, 2.05) is 12.1 Å². The van der Waals surface area contributed by atoms with Crippen molar-refractivity contribution in [3.05, 3.63) is 23.8 Å². The van der Waals surface area contributed by atoms with Crippen molar-refractivity contribution in [3.8, 4) is 5.75 Å². The fourth-order valence-corrected chi connectivity index (χ4v) is 2.00. The third-order valence-electron chi connectivity index (χ3n) is 2.65. The van der Waals surface area contributed by atoms with Gasteiger partial charge in [-0.2, -0.15) is 0 Å². The number of benzene rings is 1. The molecule has 1 aromatic rings. The van der Waals surface area contributed by atoms with Crippen molar-refractivity contribution < 1.29 is 5.11 Å². The number of hydrogen-bond acceptors (Lipinski definition) is 2. The van der Waals surface area contributed by atoms with Crippen molar-refractivity contribution in [3.63, 3.8) is 0 Å². The highest BCUT2D eigenvalue weighted by molar-refractivity contribution is 5.59. The van der Waals surface area contributed by atoms with Gasteiger partial charge in [-0.1, -0.05) is 13.3 Å². The Morgan fingerprint density at radius 3 is 3.15 bits per heavy atom. The SMILES string of the molecule is CCC[C@H]1CNc2ccc(O)cc21. The summed E-state index contributed by atoms with van der Waals surface area (Å²) < 4.78 is 0. The van der Waals surface area contributed by atoms with E-state index in [1.54, 1.807) is 6.07 Å². The van der Waals surface area contributed by atoms with Gasteiger partial charge in [-0.15, -0.1) is 0 Å². The second-order valence-electron chi connectivity index (χ2n) is 3.64. The molecule has 1 aliphatic rings. The van der Waals surface area contributed by atoms with E-state index in [2.05, 4.69) is 12.2 Å². The fourth-order valence-electron chi connectivity index (χ4n) is 2.00. The Balaban J connectivity index is 2.29. The van der Waals surface area contributed by atoms with Crippen LogP contribution in [0.1, 0.15) is 31.2 Å². The smallest absolute Gasteiger partial charge is 0.116 e. The molecule has 0 fully saturated rings. The number of hydrogen-bond donors (Lipinski definition) is 2. The lowest BCUT2D eigenvalue weighted by Crippen LogP contribution is -2.00. The van der Waals surface area contributed by atoms with Crippen molar-refractivity contribution in [1.82, 2.24) is 0 Å². The molecule has 2 rings (SSSR count). The van der Waals surface area contributed by atoms with E-state index in [-0.39, 0.29) is 0 Å². The lowest BCUT2D eigenvalue weighted by atomic mass is 9.96. The van der Waals surface area contributed by atoms with Crippen molar-refractivity contribution >= 4 is 5.69 Å². The molecule has 0 spiro atoms. The summed E-state index contributed by atoms with van der Waals surface area (Å²) in [4.78, 5) is 0. The van der Waals surface area contributed by atoms with Crippen LogP contribution in [0.2, 0.25) is 0 Å². The number of nitrogens with one attached hydrogen (secondary N) is 1. The molecule has 13 heavy (non-hydrogen) atoms. The molecule has 0 amide bonds. The molecule has 0 aromatic heterocycles. The molecule has 2 N–H and O–H groups in total. The van der Waals surface area contributed by atoms with Crippen LogP contribution < -0.4 is 5.32 Å². The minimum atomic E-state index is 0.378. The van der Waals surface area contributed by atoms with Crippen molar-refractivity contribution in [2.24, 2.45) is 0 Å². The summed E-state index contributed by atoms with van der Waals surface area (Å²) in [5, 5.41) is 12.7. The Morgan fingerprint density at radius 1 is 1.54 bits per heavy atom. The molecule has 1 heterocycles. The maximum atomic E-state index is 9.35. The Hall–Kier alpha value is -1.18. The van der Waals surface area contributed by atoms with E-state index in [9.17, 15) is 5.11 Å². The average Bonchev–Trinajstić information content (AvgIpc) is 2.49. The minimum absolute atomic E-state index is 0.378. The normalized spacial score (nSPS) is 19.6. The van der Waals surface area contributed by atoms with E-state index in [0.29, 0.717) is 11.7 Å². The molecule has 0 radical (unpaired) electrons. The van der Waals surface area contributed by atoms with E-state index < -0.39 is 0 Å². The van der Waals surface area contributed by atoms with Crippen molar-refractivity contribution in [1.29, 1.82) is 0 Å². The zero-order valence-electron chi connectivity index (χ0n) is 7.88. The highest BCUT2D eigenvalue weighted by Gasteiger charge is 2.21. The summed E-state index contributed by atoms with van der Waals surface area (Å²) in [6.07, 6.45) is 2.39. The van der Waals surface area contributed by atoms with Crippen LogP contribution >= 0.6 is 0 Å². The Kier molecular flexibility index (Phi) is 2.13. The lowest BCUT2D eigenvalue weighted by Gasteiger charge is -2.07. The Morgan fingerprint density at radius 2 is 2.38 bits per heavy atom. The maximum Gasteiger partial charge on any atom is 0.116 e. The molecule has 2 nitrogen and oxygen atoms in total. The van der Waals surface area contributed by atoms with Crippen molar-refractivity contribution in [2.75, 3.05) is 11.9 Å². The third kappa shape index (κ3) is 1.48. The quantitative estimate of drug-likeness (QED) is 0.681. The molecule has 0 aliphatic carbocycles. The Labute approximate surface area is 78.6 Å². The molecule has 0 saturated heterocycles. The largest absolute Gasteiger partial charge is 0.508 e. The number of aromatic hydroxyl groups is 1. The van der Waals surface area contributed by atoms with Gasteiger partial charge < -0.3 is 10.4 Å². The number of anilines is 1. The first-order chi connectivity index (χ1) is 6.31. The van der Waals surface area contributed by atoms with Crippen LogP contribution in [0.5, 0.6) is 5.75 Å². The van der Waals surface area contributed by atoms with Crippen molar-refractivity contribution in [2.45, 2.75) is 25.7 Å². The van der Waals surface area contributed by atoms with Crippen LogP contribution in [-0.4, -0.2) is 11.7 Å². The molecule has 0 unspecified atom stereocenters. The first kappa shape index (κ1) is 8.42. The van der Waals surface area contributed by atoms with Crippen LogP contribution in [0.4, 0.5) is 5.69 Å². The van der Waals surface area contributed by atoms with Crippen LogP contribution in [0.15, 0.2) is 18.2 Å². The van der Waals surface area contributed by atoms with Gasteiger partial charge in [-0.3, -0.25) is 0 Å². The zero-order chi connectivity index (χ0) is 9.26. The predicted octanol–water partition coefficient (Wildman–Crippen LogP) is 2.70. The summed E-state index contributed by atoms with van der Waals surface area (Å²) in [6, 6.07) is 5.58. The summed E-state index contributed by atoms with van der Waals surface area (Å²) in [6.45, 7) is 3.22. The Bertz CT molecular complexity index is 307. The first-order valence-corrected chi connectivity index (χ1v) is 4.88. The number of rotatable bonds is 2. The summed E-state index contributed by atoms with van der Waals surface area (Å²) in [5.41, 5.74) is 2.47. The van der Waals surface area contributed by atoms with E-state index >= 15 is 0 Å². The topological polar surface area (TPSA) is 32.3 Å². The standard InChI is InChI=1S/C11H15NO/c1-2-3-8-7-12-11-5-4-9(13)6-10(8)11/h4-6,8,12-13H,2-3,7H2,1H3/t8-/m0/s1. The van der Waals surface area contributed by atoms with E-state index in [4.69, 9.17) is 0 Å². The van der Waals surface area contributed by atoms with Gasteiger partial charge in [0.2, 0.25) is 0 Å². The first-order valence-electron chi connectivity index (χ1n) is 4.88. The van der Waals surface area contributed by atoms with Gasteiger partial charge in [0.25, 0.3) is 0 Å². The molecule has 1 aliphatic heterocycles. The second-order valence-corrected chi connectivity index (χ2v) is 3.64. The van der Waals surface area contributed by atoms with E-state index in [0.717, 1.165) is 6.54 Å². The van der Waals surface area contributed by atoms with Gasteiger partial charge in [-0.05, 0) is 30.2 Å². The van der Waals surface area contributed by atoms with Gasteiger partial charge >= 0.3 is 0 Å². The number of phenolic OH excluding ortho intramolecular Hbond substituents is 1. The van der Waals surface area contributed by atoms with Crippen LogP contribution in [0.25, 0.3) is 0 Å². The fraction of sp³-hybridized carbons (Fsp3) is 0.455. The highest BCUT2D eigenvalue weighted by atomic mass is 16.3. The molecule has 2 heteroatoms. The summed E-state index contributed by atoms with van der Waals surface area (Å²) in [5.74, 6) is 0.968. The summed E-state index contributed by atoms with van der Waals surface area (Å²) in [7, 11) is 0. The molecular weight excluding hydrogens is 162 g/mol. The maximum absolute atomic E-state index is 9.35. The van der Waals surface area contributed by atoms with Crippen LogP contribution in [-0.2, 0) is 0 Å². The molecule has 1 atom stereocenters. The molecular formula is C11H15NO. The second kappa shape index (κ2) is 3.29. The predicted molar refractivity (Wildman–Crippen MR) is 54.2 cm³/mol. The summed E-state index contributed by atoms with van der Waals surface area (Å²) >= 11 is 0. The molecule has 0 bridgehead atoms. The molecule has 1 aromatic carbocycles. The van der Waals surface area contributed by atoms with Crippen LogP contribution in [0.3, 0.4) is 0 Å². The number of fused-ring (bicyclic) bond motifs is 1.